The number of aliphatic hydroxyl groups is 1. The highest BCUT2D eigenvalue weighted by atomic mass is 16.5. The van der Waals surface area contributed by atoms with Gasteiger partial charge in [-0.25, -0.2) is 0 Å². The Morgan fingerprint density at radius 2 is 2.07 bits per heavy atom. The summed E-state index contributed by atoms with van der Waals surface area (Å²) in [6, 6.07) is 8.04. The third-order valence-electron chi connectivity index (χ3n) is 5.91. The van der Waals surface area contributed by atoms with Crippen molar-refractivity contribution in [2.45, 2.75) is 58.1 Å². The van der Waals surface area contributed by atoms with Gasteiger partial charge in [0, 0.05) is 12.5 Å². The van der Waals surface area contributed by atoms with Crippen LogP contribution in [-0.4, -0.2) is 48.8 Å². The number of aryl methyl sites for hydroxylation is 2. The van der Waals surface area contributed by atoms with E-state index in [1.54, 1.807) is 0 Å². The van der Waals surface area contributed by atoms with E-state index in [-0.39, 0.29) is 23.8 Å². The lowest BCUT2D eigenvalue weighted by Gasteiger charge is -2.40. The molecule has 0 aromatic heterocycles. The molecule has 2 amide bonds. The first-order chi connectivity index (χ1) is 13.4. The molecule has 154 valence electrons. The zero-order valence-electron chi connectivity index (χ0n) is 16.9. The van der Waals surface area contributed by atoms with Crippen molar-refractivity contribution in [3.8, 4) is 0 Å². The Kier molecular flexibility index (Phi) is 6.73. The molecule has 1 saturated heterocycles. The summed E-state index contributed by atoms with van der Waals surface area (Å²) in [5.41, 5.74) is 2.02. The molecule has 1 aliphatic carbocycles. The van der Waals surface area contributed by atoms with Crippen molar-refractivity contribution in [3.63, 3.8) is 0 Å². The van der Waals surface area contributed by atoms with Crippen LogP contribution in [0.5, 0.6) is 0 Å². The average molecular weight is 389 g/mol. The van der Waals surface area contributed by atoms with Gasteiger partial charge in [-0.3, -0.25) is 9.59 Å². The molecule has 1 aromatic rings. The summed E-state index contributed by atoms with van der Waals surface area (Å²) in [4.78, 5) is 24.9. The molecule has 1 heterocycles. The van der Waals surface area contributed by atoms with Gasteiger partial charge in [0.2, 0.25) is 11.8 Å². The number of carbonyl (C=O) groups is 2. The Bertz CT molecular complexity index is 702. The van der Waals surface area contributed by atoms with Crippen LogP contribution in [0, 0.1) is 18.3 Å². The molecule has 1 aliphatic heterocycles. The van der Waals surface area contributed by atoms with Crippen LogP contribution in [0.4, 0.5) is 0 Å². The molecule has 0 bridgehead atoms. The SMILES string of the molecule is Cc1cccc(CCCNC(=O)[C@H]2CC[C@@H](O)[C@H](NC(=O)C3(C)COC3)C2)c1. The lowest BCUT2D eigenvalue weighted by molar-refractivity contribution is -0.160. The maximum absolute atomic E-state index is 12.5. The number of hydrogen-bond acceptors (Lipinski definition) is 4. The molecular formula is C22H32N2O4. The zero-order chi connectivity index (χ0) is 20.1. The molecule has 28 heavy (non-hydrogen) atoms. The summed E-state index contributed by atoms with van der Waals surface area (Å²) in [6.07, 6.45) is 2.89. The second-order valence-electron chi connectivity index (χ2n) is 8.59. The van der Waals surface area contributed by atoms with Gasteiger partial charge in [0.1, 0.15) is 0 Å². The first-order valence-electron chi connectivity index (χ1n) is 10.3. The second-order valence-corrected chi connectivity index (χ2v) is 8.59. The number of hydrogen-bond donors (Lipinski definition) is 3. The van der Waals surface area contributed by atoms with Gasteiger partial charge >= 0.3 is 0 Å². The lowest BCUT2D eigenvalue weighted by Crippen LogP contribution is -2.57. The monoisotopic (exact) mass is 388 g/mol. The predicted molar refractivity (Wildman–Crippen MR) is 107 cm³/mol. The van der Waals surface area contributed by atoms with Gasteiger partial charge in [0.05, 0.1) is 30.8 Å². The van der Waals surface area contributed by atoms with Crippen LogP contribution in [0.1, 0.15) is 43.7 Å². The summed E-state index contributed by atoms with van der Waals surface area (Å²) in [5, 5.41) is 16.2. The molecule has 3 N–H and O–H groups in total. The van der Waals surface area contributed by atoms with E-state index in [9.17, 15) is 14.7 Å². The quantitative estimate of drug-likeness (QED) is 0.621. The minimum Gasteiger partial charge on any atom is -0.391 e. The van der Waals surface area contributed by atoms with Crippen molar-refractivity contribution in [2.24, 2.45) is 11.3 Å². The van der Waals surface area contributed by atoms with E-state index in [0.717, 1.165) is 12.8 Å². The molecule has 1 saturated carbocycles. The third kappa shape index (κ3) is 5.11. The minimum atomic E-state index is -0.598. The lowest BCUT2D eigenvalue weighted by atomic mass is 9.81. The Hall–Kier alpha value is -1.92. The van der Waals surface area contributed by atoms with Gasteiger partial charge in [-0.05, 0) is 51.5 Å². The smallest absolute Gasteiger partial charge is 0.230 e. The zero-order valence-corrected chi connectivity index (χ0v) is 16.9. The first-order valence-corrected chi connectivity index (χ1v) is 10.3. The second kappa shape index (κ2) is 9.05. The average Bonchev–Trinajstić information content (AvgIpc) is 2.64. The molecule has 6 nitrogen and oxygen atoms in total. The van der Waals surface area contributed by atoms with E-state index in [0.29, 0.717) is 39.0 Å². The molecule has 2 fully saturated rings. The summed E-state index contributed by atoms with van der Waals surface area (Å²) in [6.45, 7) is 5.40. The molecular weight excluding hydrogens is 356 g/mol. The molecule has 2 aliphatic rings. The van der Waals surface area contributed by atoms with Crippen LogP contribution >= 0.6 is 0 Å². The maximum atomic E-state index is 12.5. The van der Waals surface area contributed by atoms with Crippen molar-refractivity contribution in [2.75, 3.05) is 19.8 Å². The summed E-state index contributed by atoms with van der Waals surface area (Å²) < 4.78 is 5.14. The van der Waals surface area contributed by atoms with E-state index in [1.807, 2.05) is 6.92 Å². The van der Waals surface area contributed by atoms with Crippen molar-refractivity contribution in [1.82, 2.24) is 10.6 Å². The Labute approximate surface area is 167 Å². The number of amides is 2. The fourth-order valence-electron chi connectivity index (χ4n) is 3.95. The van der Waals surface area contributed by atoms with Gasteiger partial charge in [0.15, 0.2) is 0 Å². The normalized spacial score (nSPS) is 26.2. The van der Waals surface area contributed by atoms with Crippen LogP contribution in [0.25, 0.3) is 0 Å². The highest BCUT2D eigenvalue weighted by Gasteiger charge is 2.43. The predicted octanol–water partition coefficient (Wildman–Crippen LogP) is 1.73. The third-order valence-corrected chi connectivity index (χ3v) is 5.91. The number of aliphatic hydroxyl groups excluding tert-OH is 1. The minimum absolute atomic E-state index is 0.0218. The highest BCUT2D eigenvalue weighted by molar-refractivity contribution is 5.84. The highest BCUT2D eigenvalue weighted by Crippen LogP contribution is 2.29. The number of carbonyl (C=O) groups excluding carboxylic acids is 2. The van der Waals surface area contributed by atoms with Gasteiger partial charge in [-0.2, -0.15) is 0 Å². The van der Waals surface area contributed by atoms with Crippen molar-refractivity contribution < 1.29 is 19.4 Å². The fraction of sp³-hybridized carbons (Fsp3) is 0.636. The molecule has 0 spiro atoms. The van der Waals surface area contributed by atoms with Crippen LogP contribution < -0.4 is 10.6 Å². The van der Waals surface area contributed by atoms with Gasteiger partial charge < -0.3 is 20.5 Å². The number of ether oxygens (including phenoxy) is 1. The van der Waals surface area contributed by atoms with E-state index < -0.39 is 11.5 Å². The molecule has 6 heteroatoms. The molecule has 1 aromatic carbocycles. The summed E-state index contributed by atoms with van der Waals surface area (Å²) in [5.74, 6) is -0.242. The number of nitrogens with one attached hydrogen (secondary N) is 2. The topological polar surface area (TPSA) is 87.7 Å². The van der Waals surface area contributed by atoms with E-state index >= 15 is 0 Å². The van der Waals surface area contributed by atoms with E-state index in [2.05, 4.69) is 41.8 Å². The first kappa shape index (κ1) is 20.8. The van der Waals surface area contributed by atoms with Crippen molar-refractivity contribution in [3.05, 3.63) is 35.4 Å². The Balaban J connectivity index is 1.42. The van der Waals surface area contributed by atoms with Crippen molar-refractivity contribution in [1.29, 1.82) is 0 Å². The molecule has 0 radical (unpaired) electrons. The Morgan fingerprint density at radius 1 is 1.29 bits per heavy atom. The van der Waals surface area contributed by atoms with E-state index in [4.69, 9.17) is 4.74 Å². The Morgan fingerprint density at radius 3 is 2.75 bits per heavy atom. The van der Waals surface area contributed by atoms with E-state index in [1.165, 1.54) is 11.1 Å². The number of rotatable bonds is 7. The van der Waals surface area contributed by atoms with Gasteiger partial charge in [0.25, 0.3) is 0 Å². The summed E-state index contributed by atoms with van der Waals surface area (Å²) >= 11 is 0. The molecule has 3 rings (SSSR count). The van der Waals surface area contributed by atoms with Crippen molar-refractivity contribution >= 4 is 11.8 Å². The van der Waals surface area contributed by atoms with Crippen LogP contribution in [0.15, 0.2) is 24.3 Å². The maximum Gasteiger partial charge on any atom is 0.230 e. The van der Waals surface area contributed by atoms with Crippen LogP contribution in [0.3, 0.4) is 0 Å². The largest absolute Gasteiger partial charge is 0.391 e. The molecule has 3 atom stereocenters. The fourth-order valence-corrected chi connectivity index (χ4v) is 3.95. The van der Waals surface area contributed by atoms with Gasteiger partial charge in [-0.15, -0.1) is 0 Å². The standard InChI is InChI=1S/C22H32N2O4/c1-15-5-3-6-16(11-15)7-4-10-23-20(26)17-8-9-19(25)18(12-17)24-21(27)22(2)13-28-14-22/h3,5-6,11,17-19,25H,4,7-10,12-14H2,1-2H3,(H,23,26)(H,24,27)/t17-,18+,19+/m0/s1. The molecule has 0 unspecified atom stereocenters. The van der Waals surface area contributed by atoms with Crippen LogP contribution in [-0.2, 0) is 20.7 Å². The summed E-state index contributed by atoms with van der Waals surface area (Å²) in [7, 11) is 0. The number of benzene rings is 1. The van der Waals surface area contributed by atoms with Gasteiger partial charge in [-0.1, -0.05) is 29.8 Å². The van der Waals surface area contributed by atoms with Crippen LogP contribution in [0.2, 0.25) is 0 Å².